The molecule has 0 spiro atoms. The molecule has 0 saturated carbocycles. The molecule has 0 aliphatic heterocycles. The Morgan fingerprint density at radius 1 is 1.24 bits per heavy atom. The van der Waals surface area contributed by atoms with Gasteiger partial charge in [-0.15, -0.1) is 0 Å². The molecule has 10 heteroatoms. The second-order valence-electron chi connectivity index (χ2n) is 8.93. The molecule has 1 aromatic carbocycles. The third-order valence-corrected chi connectivity index (χ3v) is 5.17. The van der Waals surface area contributed by atoms with E-state index in [2.05, 4.69) is 31.9 Å². The summed E-state index contributed by atoms with van der Waals surface area (Å²) in [5.74, 6) is -0.00592. The van der Waals surface area contributed by atoms with Gasteiger partial charge >= 0.3 is 0 Å². The minimum absolute atomic E-state index is 0.0718. The fraction of sp³-hybridized carbons (Fsp3) is 0.478. The van der Waals surface area contributed by atoms with Crippen LogP contribution in [0.25, 0.3) is 10.9 Å². The number of carbonyl (C=O) groups excluding carboxylic acids is 2. The molecule has 0 saturated heterocycles. The Kier molecular flexibility index (Phi) is 7.43. The van der Waals surface area contributed by atoms with E-state index in [1.165, 1.54) is 0 Å². The Balaban J connectivity index is 1.77. The quantitative estimate of drug-likeness (QED) is 0.477. The van der Waals surface area contributed by atoms with Crippen molar-refractivity contribution in [3.63, 3.8) is 0 Å². The van der Waals surface area contributed by atoms with E-state index in [1.807, 2.05) is 45.0 Å². The van der Waals surface area contributed by atoms with Crippen LogP contribution in [0.3, 0.4) is 0 Å². The summed E-state index contributed by atoms with van der Waals surface area (Å²) < 4.78 is 6.82. The molecule has 1 atom stereocenters. The number of amides is 2. The Labute approximate surface area is 192 Å². The lowest BCUT2D eigenvalue weighted by molar-refractivity contribution is -0.125. The molecule has 10 nitrogen and oxygen atoms in total. The summed E-state index contributed by atoms with van der Waals surface area (Å²) in [7, 11) is 0. The van der Waals surface area contributed by atoms with Crippen molar-refractivity contribution in [1.82, 2.24) is 30.6 Å². The van der Waals surface area contributed by atoms with Crippen LogP contribution < -0.4 is 10.6 Å². The molecule has 0 fully saturated rings. The smallest absolute Gasteiger partial charge is 0.273 e. The second kappa shape index (κ2) is 10.3. The van der Waals surface area contributed by atoms with Crippen LogP contribution in [0, 0.1) is 23.7 Å². The highest BCUT2D eigenvalue weighted by Gasteiger charge is 2.34. The molecular formula is C23H29N7O3. The first-order valence-corrected chi connectivity index (χ1v) is 10.9. The first-order valence-electron chi connectivity index (χ1n) is 10.9. The molecule has 2 amide bonds. The van der Waals surface area contributed by atoms with Gasteiger partial charge in [-0.25, -0.2) is 0 Å². The van der Waals surface area contributed by atoms with Crippen LogP contribution in [-0.4, -0.2) is 37.8 Å². The average molecular weight is 452 g/mol. The summed E-state index contributed by atoms with van der Waals surface area (Å²) in [5.41, 5.74) is 0.545. The number of rotatable bonds is 9. The second-order valence-corrected chi connectivity index (χ2v) is 8.93. The van der Waals surface area contributed by atoms with Crippen molar-refractivity contribution in [1.29, 1.82) is 5.26 Å². The minimum Gasteiger partial charge on any atom is -0.345 e. The maximum absolute atomic E-state index is 13.2. The van der Waals surface area contributed by atoms with Crippen molar-refractivity contribution in [2.75, 3.05) is 0 Å². The third-order valence-electron chi connectivity index (χ3n) is 5.17. The van der Waals surface area contributed by atoms with Crippen LogP contribution in [0.1, 0.15) is 62.2 Å². The molecule has 2 aromatic heterocycles. The maximum atomic E-state index is 13.2. The zero-order valence-corrected chi connectivity index (χ0v) is 19.4. The number of para-hydroxylation sites is 1. The van der Waals surface area contributed by atoms with Crippen LogP contribution in [-0.2, 0) is 17.9 Å². The number of aryl methyl sites for hydroxylation is 2. The Hall–Kier alpha value is -3.74. The summed E-state index contributed by atoms with van der Waals surface area (Å²) in [6.07, 6.45) is 2.03. The number of hydrogen-bond donors (Lipinski definition) is 2. The zero-order chi connectivity index (χ0) is 24.0. The highest BCUT2D eigenvalue weighted by Crippen LogP contribution is 2.23. The number of hydrogen-bond acceptors (Lipinski definition) is 7. The van der Waals surface area contributed by atoms with Crippen LogP contribution in [0.5, 0.6) is 0 Å². The highest BCUT2D eigenvalue weighted by molar-refractivity contribution is 6.06. The molecule has 3 aromatic rings. The Bertz CT molecular complexity index is 1170. The SMILES string of the molecule is Cc1noc(CNC(=O)[C@@H](NC(=O)c2nn(CCCCC#N)c3ccccc23)C(C)(C)C)n1. The molecule has 174 valence electrons. The predicted molar refractivity (Wildman–Crippen MR) is 121 cm³/mol. The van der Waals surface area contributed by atoms with Crippen molar-refractivity contribution in [2.24, 2.45) is 5.41 Å². The maximum Gasteiger partial charge on any atom is 0.273 e. The van der Waals surface area contributed by atoms with Crippen LogP contribution in [0.15, 0.2) is 28.8 Å². The van der Waals surface area contributed by atoms with Crippen molar-refractivity contribution < 1.29 is 14.1 Å². The standard InChI is InChI=1S/C23H29N7O3/c1-15-26-18(33-29-15)14-25-22(32)20(23(2,3)4)27-21(31)19-16-10-6-7-11-17(16)30(28-19)13-9-5-8-12-24/h6-7,10-11,20H,5,8-9,13-14H2,1-4H3,(H,25,32)(H,27,31)/t20-/m1/s1. The molecular weight excluding hydrogens is 422 g/mol. The van der Waals surface area contributed by atoms with Gasteiger partial charge in [-0.3, -0.25) is 14.3 Å². The Morgan fingerprint density at radius 3 is 2.67 bits per heavy atom. The number of fused-ring (bicyclic) bond motifs is 1. The summed E-state index contributed by atoms with van der Waals surface area (Å²) in [6.45, 7) is 7.99. The lowest BCUT2D eigenvalue weighted by atomic mass is 9.86. The zero-order valence-electron chi connectivity index (χ0n) is 19.4. The number of unbranched alkanes of at least 4 members (excludes halogenated alkanes) is 2. The van der Waals surface area contributed by atoms with Gasteiger partial charge in [0.05, 0.1) is 18.1 Å². The van der Waals surface area contributed by atoms with Gasteiger partial charge in [0.1, 0.15) is 6.04 Å². The van der Waals surface area contributed by atoms with Gasteiger partial charge in [0.15, 0.2) is 11.5 Å². The van der Waals surface area contributed by atoms with Gasteiger partial charge in [0.2, 0.25) is 11.8 Å². The number of nitriles is 1. The molecule has 0 aliphatic carbocycles. The van der Waals surface area contributed by atoms with E-state index in [-0.39, 0.29) is 18.1 Å². The van der Waals surface area contributed by atoms with Crippen molar-refractivity contribution >= 4 is 22.7 Å². The first kappa shape index (κ1) is 23.9. The van der Waals surface area contributed by atoms with Crippen molar-refractivity contribution in [3.05, 3.63) is 41.7 Å². The molecule has 2 N–H and O–H groups in total. The predicted octanol–water partition coefficient (Wildman–Crippen LogP) is 2.88. The molecule has 0 unspecified atom stereocenters. The molecule has 0 radical (unpaired) electrons. The summed E-state index contributed by atoms with van der Waals surface area (Å²) >= 11 is 0. The highest BCUT2D eigenvalue weighted by atomic mass is 16.5. The van der Waals surface area contributed by atoms with E-state index in [9.17, 15) is 9.59 Å². The summed E-state index contributed by atoms with van der Waals surface area (Å²) in [5, 5.41) is 23.3. The van der Waals surface area contributed by atoms with Gasteiger partial charge in [0.25, 0.3) is 5.91 Å². The van der Waals surface area contributed by atoms with Crippen molar-refractivity contribution in [2.45, 2.75) is 66.1 Å². The molecule has 3 rings (SSSR count). The van der Waals surface area contributed by atoms with Gasteiger partial charge in [0, 0.05) is 18.4 Å². The minimum atomic E-state index is -0.812. The largest absolute Gasteiger partial charge is 0.345 e. The fourth-order valence-electron chi connectivity index (χ4n) is 3.48. The van der Waals surface area contributed by atoms with E-state index in [4.69, 9.17) is 9.78 Å². The summed E-state index contributed by atoms with van der Waals surface area (Å²) in [6, 6.07) is 8.81. The molecule has 33 heavy (non-hydrogen) atoms. The third kappa shape index (κ3) is 5.94. The lowest BCUT2D eigenvalue weighted by Crippen LogP contribution is -2.53. The van der Waals surface area contributed by atoms with E-state index in [0.717, 1.165) is 18.4 Å². The van der Waals surface area contributed by atoms with Gasteiger partial charge in [-0.2, -0.15) is 15.3 Å². The van der Waals surface area contributed by atoms with E-state index in [1.54, 1.807) is 11.6 Å². The molecule has 0 aliphatic rings. The number of nitrogens with zero attached hydrogens (tertiary/aromatic N) is 5. The topological polar surface area (TPSA) is 139 Å². The van der Waals surface area contributed by atoms with Gasteiger partial charge < -0.3 is 15.2 Å². The van der Waals surface area contributed by atoms with E-state index >= 15 is 0 Å². The number of aromatic nitrogens is 4. The van der Waals surface area contributed by atoms with Crippen LogP contribution >= 0.6 is 0 Å². The van der Waals surface area contributed by atoms with Gasteiger partial charge in [-0.05, 0) is 31.2 Å². The average Bonchev–Trinajstić information content (AvgIpc) is 3.36. The number of nitrogens with one attached hydrogen (secondary N) is 2. The van der Waals surface area contributed by atoms with E-state index in [0.29, 0.717) is 30.1 Å². The normalized spacial score (nSPS) is 12.3. The van der Waals surface area contributed by atoms with Crippen LogP contribution in [0.2, 0.25) is 0 Å². The first-order chi connectivity index (χ1) is 15.7. The molecule has 0 bridgehead atoms. The number of carbonyl (C=O) groups is 2. The fourth-order valence-corrected chi connectivity index (χ4v) is 3.48. The monoisotopic (exact) mass is 451 g/mol. The van der Waals surface area contributed by atoms with Crippen molar-refractivity contribution in [3.8, 4) is 6.07 Å². The molecule has 2 heterocycles. The van der Waals surface area contributed by atoms with E-state index < -0.39 is 17.4 Å². The summed E-state index contributed by atoms with van der Waals surface area (Å²) in [4.78, 5) is 30.3. The lowest BCUT2D eigenvalue weighted by Gasteiger charge is -2.30. The van der Waals surface area contributed by atoms with Gasteiger partial charge in [-0.1, -0.05) is 44.1 Å². The Morgan fingerprint density at radius 2 is 2.00 bits per heavy atom. The number of benzene rings is 1. The van der Waals surface area contributed by atoms with Crippen LogP contribution in [0.4, 0.5) is 0 Å².